The van der Waals surface area contributed by atoms with Crippen LogP contribution in [0.25, 0.3) is 0 Å². The number of carbonyl (C=O) groups is 1. The number of benzene rings is 1. The van der Waals surface area contributed by atoms with Gasteiger partial charge in [0, 0.05) is 6.04 Å². The van der Waals surface area contributed by atoms with E-state index in [4.69, 9.17) is 0 Å². The van der Waals surface area contributed by atoms with E-state index in [1.54, 1.807) is 4.90 Å². The fourth-order valence-electron chi connectivity index (χ4n) is 2.38. The topological polar surface area (TPSA) is 52.6 Å². The van der Waals surface area contributed by atoms with Crippen molar-refractivity contribution in [1.82, 2.24) is 10.2 Å². The van der Waals surface area contributed by atoms with Gasteiger partial charge in [-0.1, -0.05) is 30.3 Å². The fourth-order valence-corrected chi connectivity index (χ4v) is 2.38. The van der Waals surface area contributed by atoms with Crippen LogP contribution in [-0.2, 0) is 0 Å². The molecule has 4 heteroatoms. The predicted octanol–water partition coefficient (Wildman–Crippen LogP) is 1.52. The molecule has 2 rings (SSSR count). The van der Waals surface area contributed by atoms with Crippen molar-refractivity contribution in [3.63, 3.8) is 0 Å². The number of rotatable bonds is 3. The molecule has 1 heterocycles. The van der Waals surface area contributed by atoms with Crippen LogP contribution in [0.5, 0.6) is 0 Å². The van der Waals surface area contributed by atoms with Crippen LogP contribution in [-0.4, -0.2) is 34.7 Å². The number of nitrogens with zero attached hydrogens (tertiary/aromatic N) is 1. The number of nitrogens with one attached hydrogen (secondary N) is 1. The van der Waals surface area contributed by atoms with Gasteiger partial charge in [0.15, 0.2) is 0 Å². The fraction of sp³-hybridized carbons (Fsp3) is 0.462. The average molecular weight is 234 g/mol. The lowest BCUT2D eigenvalue weighted by Crippen LogP contribution is -2.36. The molecule has 1 aliphatic rings. The van der Waals surface area contributed by atoms with Crippen molar-refractivity contribution in [2.75, 3.05) is 6.61 Å². The normalized spacial score (nSPS) is 24.2. The van der Waals surface area contributed by atoms with Crippen molar-refractivity contribution in [3.05, 3.63) is 35.9 Å². The van der Waals surface area contributed by atoms with Gasteiger partial charge in [-0.05, 0) is 19.4 Å². The van der Waals surface area contributed by atoms with Gasteiger partial charge in [0.05, 0.1) is 18.7 Å². The molecule has 2 N–H and O–H groups in total. The van der Waals surface area contributed by atoms with Gasteiger partial charge in [-0.2, -0.15) is 0 Å². The average Bonchev–Trinajstić information content (AvgIpc) is 2.67. The van der Waals surface area contributed by atoms with Crippen LogP contribution in [0.2, 0.25) is 0 Å². The molecule has 1 aromatic rings. The summed E-state index contributed by atoms with van der Waals surface area (Å²) in [7, 11) is 0. The molecule has 17 heavy (non-hydrogen) atoms. The maximum absolute atomic E-state index is 11.9. The van der Waals surface area contributed by atoms with Gasteiger partial charge < -0.3 is 15.3 Å². The van der Waals surface area contributed by atoms with Crippen LogP contribution in [0.3, 0.4) is 0 Å². The van der Waals surface area contributed by atoms with Gasteiger partial charge in [0.25, 0.3) is 0 Å². The second kappa shape index (κ2) is 4.75. The van der Waals surface area contributed by atoms with Crippen LogP contribution in [0.4, 0.5) is 4.79 Å². The van der Waals surface area contributed by atoms with Crippen molar-refractivity contribution in [2.24, 2.45) is 0 Å². The number of hydrogen-bond donors (Lipinski definition) is 2. The van der Waals surface area contributed by atoms with E-state index in [0.29, 0.717) is 0 Å². The summed E-state index contributed by atoms with van der Waals surface area (Å²) in [6, 6.07) is 9.51. The van der Waals surface area contributed by atoms with Gasteiger partial charge in [0.2, 0.25) is 0 Å². The first-order chi connectivity index (χ1) is 8.15. The highest BCUT2D eigenvalue weighted by atomic mass is 16.3. The second-order valence-corrected chi connectivity index (χ2v) is 4.60. The van der Waals surface area contributed by atoms with E-state index in [9.17, 15) is 9.90 Å². The van der Waals surface area contributed by atoms with Crippen LogP contribution in [0.1, 0.15) is 25.5 Å². The van der Waals surface area contributed by atoms with E-state index in [1.807, 2.05) is 44.2 Å². The zero-order valence-corrected chi connectivity index (χ0v) is 10.1. The minimum Gasteiger partial charge on any atom is -0.394 e. The minimum absolute atomic E-state index is 0.0471. The van der Waals surface area contributed by atoms with Gasteiger partial charge in [0.1, 0.15) is 0 Å². The van der Waals surface area contributed by atoms with Crippen LogP contribution in [0.15, 0.2) is 30.3 Å². The van der Waals surface area contributed by atoms with E-state index >= 15 is 0 Å². The predicted molar refractivity (Wildman–Crippen MR) is 65.6 cm³/mol. The van der Waals surface area contributed by atoms with Crippen molar-refractivity contribution in [2.45, 2.75) is 32.0 Å². The van der Waals surface area contributed by atoms with Gasteiger partial charge in [-0.3, -0.25) is 0 Å². The number of aliphatic hydroxyl groups is 1. The zero-order valence-electron chi connectivity index (χ0n) is 10.1. The largest absolute Gasteiger partial charge is 0.394 e. The Hall–Kier alpha value is -1.55. The Balaban J connectivity index is 2.36. The van der Waals surface area contributed by atoms with Crippen LogP contribution >= 0.6 is 0 Å². The molecular weight excluding hydrogens is 216 g/mol. The summed E-state index contributed by atoms with van der Waals surface area (Å²) < 4.78 is 0. The molecule has 2 amide bonds. The first-order valence-corrected chi connectivity index (χ1v) is 5.89. The smallest absolute Gasteiger partial charge is 0.318 e. The molecular formula is C13H18N2O2. The highest BCUT2D eigenvalue weighted by Crippen LogP contribution is 2.30. The minimum atomic E-state index is -0.229. The summed E-state index contributed by atoms with van der Waals surface area (Å²) in [6.45, 7) is 3.92. The van der Waals surface area contributed by atoms with Gasteiger partial charge in [-0.15, -0.1) is 0 Å². The molecule has 0 saturated carbocycles. The second-order valence-electron chi connectivity index (χ2n) is 4.60. The van der Waals surface area contributed by atoms with Crippen molar-refractivity contribution in [3.8, 4) is 0 Å². The molecule has 1 aromatic carbocycles. The summed E-state index contributed by atoms with van der Waals surface area (Å²) in [6.07, 6.45) is 0. The summed E-state index contributed by atoms with van der Waals surface area (Å²) in [5, 5.41) is 12.2. The lowest BCUT2D eigenvalue weighted by molar-refractivity contribution is 0.170. The van der Waals surface area contributed by atoms with Gasteiger partial charge in [-0.25, -0.2) is 4.79 Å². The summed E-state index contributed by atoms with van der Waals surface area (Å²) in [4.78, 5) is 13.7. The third-order valence-electron chi connectivity index (χ3n) is 3.12. The maximum Gasteiger partial charge on any atom is 0.318 e. The number of urea groups is 1. The molecule has 0 spiro atoms. The van der Waals surface area contributed by atoms with E-state index in [0.717, 1.165) is 5.56 Å². The SMILES string of the molecule is CC(C)N1C(=O)N[C@H](CO)[C@H]1c1ccccc1. The standard InChI is InChI=1S/C13H18N2O2/c1-9(2)15-12(10-6-4-3-5-7-10)11(8-16)14-13(15)17/h3-7,9,11-12,16H,8H2,1-2H3,(H,14,17)/t11-,12-/m1/s1. The summed E-state index contributed by atoms with van der Waals surface area (Å²) in [5.41, 5.74) is 1.05. The third kappa shape index (κ3) is 2.13. The highest BCUT2D eigenvalue weighted by Gasteiger charge is 2.40. The number of hydrogen-bond acceptors (Lipinski definition) is 2. The van der Waals surface area contributed by atoms with Crippen molar-refractivity contribution in [1.29, 1.82) is 0 Å². The Morgan fingerprint density at radius 1 is 1.35 bits per heavy atom. The van der Waals surface area contributed by atoms with Crippen LogP contribution < -0.4 is 5.32 Å². The highest BCUT2D eigenvalue weighted by molar-refractivity contribution is 5.78. The Kier molecular flexibility index (Phi) is 3.33. The molecule has 92 valence electrons. The Morgan fingerprint density at radius 3 is 2.53 bits per heavy atom. The molecule has 0 unspecified atom stereocenters. The quantitative estimate of drug-likeness (QED) is 0.833. The van der Waals surface area contributed by atoms with Crippen LogP contribution in [0, 0.1) is 0 Å². The monoisotopic (exact) mass is 234 g/mol. The summed E-state index contributed by atoms with van der Waals surface area (Å²) in [5.74, 6) is 0. The Bertz CT molecular complexity index is 392. The van der Waals surface area contributed by atoms with E-state index < -0.39 is 0 Å². The molecule has 0 bridgehead atoms. The lowest BCUT2D eigenvalue weighted by atomic mass is 9.99. The molecule has 0 radical (unpaired) electrons. The molecule has 1 fully saturated rings. The molecule has 0 aliphatic carbocycles. The molecule has 4 nitrogen and oxygen atoms in total. The van der Waals surface area contributed by atoms with E-state index in [-0.39, 0.29) is 30.8 Å². The van der Waals surface area contributed by atoms with Crippen molar-refractivity contribution >= 4 is 6.03 Å². The maximum atomic E-state index is 11.9. The van der Waals surface area contributed by atoms with Crippen molar-refractivity contribution < 1.29 is 9.90 Å². The molecule has 0 aromatic heterocycles. The Morgan fingerprint density at radius 2 is 2.00 bits per heavy atom. The first kappa shape index (κ1) is 11.9. The zero-order chi connectivity index (χ0) is 12.4. The van der Waals surface area contributed by atoms with E-state index in [1.165, 1.54) is 0 Å². The third-order valence-corrected chi connectivity index (χ3v) is 3.12. The molecule has 2 atom stereocenters. The number of aliphatic hydroxyl groups excluding tert-OH is 1. The molecule has 1 aliphatic heterocycles. The number of carbonyl (C=O) groups excluding carboxylic acids is 1. The lowest BCUT2D eigenvalue weighted by Gasteiger charge is -2.29. The number of amides is 2. The molecule has 1 saturated heterocycles. The van der Waals surface area contributed by atoms with E-state index in [2.05, 4.69) is 5.32 Å². The summed E-state index contributed by atoms with van der Waals surface area (Å²) >= 11 is 0. The Labute approximate surface area is 101 Å². The van der Waals surface area contributed by atoms with Gasteiger partial charge >= 0.3 is 6.03 Å². The first-order valence-electron chi connectivity index (χ1n) is 5.89.